The van der Waals surface area contributed by atoms with Gasteiger partial charge in [-0.15, -0.1) is 5.10 Å². The summed E-state index contributed by atoms with van der Waals surface area (Å²) in [5, 5.41) is 13.6. The van der Waals surface area contributed by atoms with Gasteiger partial charge in [0.2, 0.25) is 5.16 Å². The molecule has 1 fully saturated rings. The Labute approximate surface area is 142 Å². The molecule has 0 atom stereocenters. The minimum atomic E-state index is -0.314. The molecule has 0 radical (unpaired) electrons. The van der Waals surface area contributed by atoms with Gasteiger partial charge in [0.1, 0.15) is 5.58 Å². The number of rotatable bonds is 4. The van der Waals surface area contributed by atoms with Crippen molar-refractivity contribution in [1.82, 2.24) is 20.2 Å². The minimum absolute atomic E-state index is 0.254. The van der Waals surface area contributed by atoms with Gasteiger partial charge in [0, 0.05) is 29.9 Å². The number of hydrogen-bond donors (Lipinski definition) is 0. The summed E-state index contributed by atoms with van der Waals surface area (Å²) < 4.78 is 12.6. The van der Waals surface area contributed by atoms with E-state index in [4.69, 9.17) is 9.15 Å². The first-order valence-electron chi connectivity index (χ1n) is 7.81. The van der Waals surface area contributed by atoms with E-state index in [1.165, 1.54) is 11.8 Å². The van der Waals surface area contributed by atoms with Gasteiger partial charge < -0.3 is 9.15 Å². The summed E-state index contributed by atoms with van der Waals surface area (Å²) in [4.78, 5) is 12.1. The summed E-state index contributed by atoms with van der Waals surface area (Å²) in [6, 6.07) is 9.62. The maximum Gasteiger partial charge on any atom is 0.340 e. The monoisotopic (exact) mass is 344 g/mol. The van der Waals surface area contributed by atoms with E-state index in [0.29, 0.717) is 16.9 Å². The predicted molar refractivity (Wildman–Crippen MR) is 89.0 cm³/mol. The van der Waals surface area contributed by atoms with Crippen molar-refractivity contribution in [2.45, 2.75) is 29.8 Å². The molecule has 1 aromatic carbocycles. The summed E-state index contributed by atoms with van der Waals surface area (Å²) in [5.74, 6) is 0.469. The lowest BCUT2D eigenvalue weighted by Gasteiger charge is -2.22. The van der Waals surface area contributed by atoms with E-state index in [9.17, 15) is 4.79 Å². The zero-order chi connectivity index (χ0) is 16.4. The van der Waals surface area contributed by atoms with Crippen molar-refractivity contribution < 1.29 is 9.15 Å². The van der Waals surface area contributed by atoms with E-state index in [-0.39, 0.29) is 11.7 Å². The van der Waals surface area contributed by atoms with E-state index >= 15 is 0 Å². The average molecular weight is 344 g/mol. The predicted octanol–water partition coefficient (Wildman–Crippen LogP) is 2.42. The van der Waals surface area contributed by atoms with Crippen molar-refractivity contribution in [3.63, 3.8) is 0 Å². The van der Waals surface area contributed by atoms with Gasteiger partial charge >= 0.3 is 5.63 Å². The molecule has 3 heterocycles. The fraction of sp³-hybridized carbons (Fsp3) is 0.375. The summed E-state index contributed by atoms with van der Waals surface area (Å²) in [6.07, 6.45) is 1.80. The Kier molecular flexibility index (Phi) is 4.31. The molecule has 1 aliphatic rings. The molecule has 2 aromatic heterocycles. The topological polar surface area (TPSA) is 83.0 Å². The zero-order valence-electron chi connectivity index (χ0n) is 12.9. The number of benzene rings is 1. The first kappa shape index (κ1) is 15.3. The highest BCUT2D eigenvalue weighted by molar-refractivity contribution is 7.98. The van der Waals surface area contributed by atoms with E-state index in [0.717, 1.165) is 36.6 Å². The van der Waals surface area contributed by atoms with Gasteiger partial charge in [-0.3, -0.25) is 0 Å². The Balaban J connectivity index is 1.54. The smallest absolute Gasteiger partial charge is 0.340 e. The van der Waals surface area contributed by atoms with Crippen LogP contribution in [0.5, 0.6) is 0 Å². The zero-order valence-corrected chi connectivity index (χ0v) is 13.7. The highest BCUT2D eigenvalue weighted by Crippen LogP contribution is 2.27. The van der Waals surface area contributed by atoms with Crippen LogP contribution in [-0.2, 0) is 10.5 Å². The highest BCUT2D eigenvalue weighted by atomic mass is 32.2. The van der Waals surface area contributed by atoms with Crippen LogP contribution in [0.25, 0.3) is 11.0 Å². The summed E-state index contributed by atoms with van der Waals surface area (Å²) in [6.45, 7) is 1.45. The molecule has 1 saturated heterocycles. The Morgan fingerprint density at radius 2 is 2.08 bits per heavy atom. The SMILES string of the molecule is O=c1oc2ccccc2cc1CSc1nnnn1C1CCOCC1. The van der Waals surface area contributed by atoms with Gasteiger partial charge in [-0.25, -0.2) is 9.48 Å². The van der Waals surface area contributed by atoms with Crippen LogP contribution in [0.15, 0.2) is 44.7 Å². The van der Waals surface area contributed by atoms with Crippen molar-refractivity contribution in [1.29, 1.82) is 0 Å². The Hall–Kier alpha value is -2.19. The van der Waals surface area contributed by atoms with Gasteiger partial charge in [-0.1, -0.05) is 30.0 Å². The van der Waals surface area contributed by atoms with Crippen LogP contribution < -0.4 is 5.63 Å². The second-order valence-corrected chi connectivity index (χ2v) is 6.58. The minimum Gasteiger partial charge on any atom is -0.423 e. The van der Waals surface area contributed by atoms with Gasteiger partial charge in [0.05, 0.1) is 6.04 Å². The second-order valence-electron chi connectivity index (χ2n) is 5.64. The lowest BCUT2D eigenvalue weighted by Crippen LogP contribution is -2.21. The van der Waals surface area contributed by atoms with Gasteiger partial charge in [0.15, 0.2) is 0 Å². The molecule has 24 heavy (non-hydrogen) atoms. The van der Waals surface area contributed by atoms with Crippen molar-refractivity contribution in [2.75, 3.05) is 13.2 Å². The number of fused-ring (bicyclic) bond motifs is 1. The molecule has 1 aliphatic heterocycles. The molecule has 3 aromatic rings. The molecule has 4 rings (SSSR count). The van der Waals surface area contributed by atoms with Crippen LogP contribution in [0, 0.1) is 0 Å². The molecule has 0 spiro atoms. The largest absolute Gasteiger partial charge is 0.423 e. The number of ether oxygens (including phenoxy) is 1. The first-order chi connectivity index (χ1) is 11.8. The van der Waals surface area contributed by atoms with Crippen LogP contribution in [0.4, 0.5) is 0 Å². The van der Waals surface area contributed by atoms with Crippen molar-refractivity contribution >= 4 is 22.7 Å². The fourth-order valence-electron chi connectivity index (χ4n) is 2.79. The molecule has 8 heteroatoms. The third-order valence-electron chi connectivity index (χ3n) is 4.07. The lowest BCUT2D eigenvalue weighted by molar-refractivity contribution is 0.0631. The molecule has 0 amide bonds. The average Bonchev–Trinajstić information content (AvgIpc) is 3.09. The maximum absolute atomic E-state index is 12.1. The number of thioether (sulfide) groups is 1. The van der Waals surface area contributed by atoms with E-state index in [1.807, 2.05) is 28.9 Å². The van der Waals surface area contributed by atoms with Crippen molar-refractivity contribution in [3.05, 3.63) is 46.3 Å². The molecule has 124 valence electrons. The van der Waals surface area contributed by atoms with Gasteiger partial charge in [-0.05, 0) is 35.4 Å². The number of nitrogens with zero attached hydrogens (tertiary/aromatic N) is 4. The Morgan fingerprint density at radius 1 is 1.25 bits per heavy atom. The first-order valence-corrected chi connectivity index (χ1v) is 8.80. The fourth-order valence-corrected chi connectivity index (χ4v) is 3.68. The van der Waals surface area contributed by atoms with Crippen LogP contribution in [0.1, 0.15) is 24.4 Å². The Bertz CT molecular complexity index is 901. The van der Waals surface area contributed by atoms with Crippen molar-refractivity contribution in [2.24, 2.45) is 0 Å². The molecular weight excluding hydrogens is 328 g/mol. The molecular formula is C16H16N4O3S. The molecule has 0 N–H and O–H groups in total. The standard InChI is InChI=1S/C16H16N4O3S/c21-15-12(9-11-3-1-2-4-14(11)23-15)10-24-16-17-18-19-20(16)13-5-7-22-8-6-13/h1-4,9,13H,5-8,10H2. The van der Waals surface area contributed by atoms with Crippen LogP contribution >= 0.6 is 11.8 Å². The molecule has 0 aliphatic carbocycles. The lowest BCUT2D eigenvalue weighted by atomic mass is 10.1. The third kappa shape index (κ3) is 3.07. The summed E-state index contributed by atoms with van der Waals surface area (Å²) >= 11 is 1.45. The maximum atomic E-state index is 12.1. The van der Waals surface area contributed by atoms with E-state index in [1.54, 1.807) is 6.07 Å². The van der Waals surface area contributed by atoms with Crippen molar-refractivity contribution in [3.8, 4) is 0 Å². The number of hydrogen-bond acceptors (Lipinski definition) is 7. The number of tetrazole rings is 1. The van der Waals surface area contributed by atoms with E-state index < -0.39 is 0 Å². The van der Waals surface area contributed by atoms with Crippen LogP contribution in [0.3, 0.4) is 0 Å². The molecule has 0 bridgehead atoms. The summed E-state index contributed by atoms with van der Waals surface area (Å²) in [7, 11) is 0. The van der Waals surface area contributed by atoms with Gasteiger partial charge in [-0.2, -0.15) is 0 Å². The highest BCUT2D eigenvalue weighted by Gasteiger charge is 2.21. The van der Waals surface area contributed by atoms with Crippen LogP contribution in [-0.4, -0.2) is 33.4 Å². The third-order valence-corrected chi connectivity index (χ3v) is 5.05. The number of para-hydroxylation sites is 1. The normalized spacial score (nSPS) is 15.8. The summed E-state index contributed by atoms with van der Waals surface area (Å²) in [5.41, 5.74) is 0.898. The molecule has 0 saturated carbocycles. The van der Waals surface area contributed by atoms with Crippen LogP contribution in [0.2, 0.25) is 0 Å². The Morgan fingerprint density at radius 3 is 2.96 bits per heavy atom. The van der Waals surface area contributed by atoms with E-state index in [2.05, 4.69) is 15.5 Å². The quantitative estimate of drug-likeness (QED) is 0.531. The second kappa shape index (κ2) is 6.74. The number of aromatic nitrogens is 4. The van der Waals surface area contributed by atoms with Gasteiger partial charge in [0.25, 0.3) is 0 Å². The molecule has 7 nitrogen and oxygen atoms in total. The molecule has 0 unspecified atom stereocenters.